The maximum Gasteiger partial charge on any atom is 0.198 e. The van der Waals surface area contributed by atoms with Crippen molar-refractivity contribution in [1.82, 2.24) is 0 Å². The summed E-state index contributed by atoms with van der Waals surface area (Å²) >= 11 is 3.14. The quantitative estimate of drug-likeness (QED) is 0.771. The highest BCUT2D eigenvalue weighted by Crippen LogP contribution is 2.32. The lowest BCUT2D eigenvalue weighted by Gasteiger charge is -2.20. The maximum absolute atomic E-state index is 13.6. The summed E-state index contributed by atoms with van der Waals surface area (Å²) < 4.78 is 19.4. The van der Waals surface area contributed by atoms with Crippen LogP contribution in [-0.2, 0) is 6.42 Å². The van der Waals surface area contributed by atoms with Crippen molar-refractivity contribution in [3.63, 3.8) is 0 Å². The van der Waals surface area contributed by atoms with E-state index < -0.39 is 5.82 Å². The molecule has 2 aromatic rings. The summed E-state index contributed by atoms with van der Waals surface area (Å²) in [5.74, 6) is -0.0309. The summed E-state index contributed by atoms with van der Waals surface area (Å²) in [6.45, 7) is 0.613. The van der Waals surface area contributed by atoms with Crippen LogP contribution < -0.4 is 4.74 Å². The molecule has 0 aromatic heterocycles. The number of carbonyl (C=O) groups is 1. The summed E-state index contributed by atoms with van der Waals surface area (Å²) in [7, 11) is 0. The highest BCUT2D eigenvalue weighted by molar-refractivity contribution is 9.10. The summed E-state index contributed by atoms with van der Waals surface area (Å²) in [4.78, 5) is 12.6. The van der Waals surface area contributed by atoms with Gasteiger partial charge in [-0.05, 0) is 52.5 Å². The van der Waals surface area contributed by atoms with Gasteiger partial charge in [0, 0.05) is 5.56 Å². The first-order valence-electron chi connectivity index (χ1n) is 6.42. The molecule has 0 amide bonds. The molecule has 102 valence electrons. The number of carbonyl (C=O) groups excluding carboxylic acids is 1. The number of ether oxygens (including phenoxy) is 1. The fourth-order valence-electron chi connectivity index (χ4n) is 2.39. The average molecular weight is 335 g/mol. The van der Waals surface area contributed by atoms with Gasteiger partial charge in [0.1, 0.15) is 11.6 Å². The van der Waals surface area contributed by atoms with Crippen LogP contribution in [0.25, 0.3) is 0 Å². The molecule has 0 saturated carbocycles. The lowest BCUT2D eigenvalue weighted by molar-refractivity contribution is 0.103. The van der Waals surface area contributed by atoms with E-state index in [1.54, 1.807) is 12.1 Å². The number of rotatable bonds is 2. The number of aryl methyl sites for hydroxylation is 1. The molecule has 0 unspecified atom stereocenters. The van der Waals surface area contributed by atoms with Crippen molar-refractivity contribution in [1.29, 1.82) is 0 Å². The van der Waals surface area contributed by atoms with Gasteiger partial charge in [-0.25, -0.2) is 4.39 Å². The molecule has 2 aromatic carbocycles. The molecule has 0 spiro atoms. The third-order valence-electron chi connectivity index (χ3n) is 3.37. The Morgan fingerprint density at radius 3 is 2.75 bits per heavy atom. The second-order valence-corrected chi connectivity index (χ2v) is 5.47. The zero-order chi connectivity index (χ0) is 14.1. The summed E-state index contributed by atoms with van der Waals surface area (Å²) in [6.07, 6.45) is 1.86. The molecule has 0 atom stereocenters. The minimum absolute atomic E-state index is 0.193. The van der Waals surface area contributed by atoms with Crippen LogP contribution in [0.5, 0.6) is 5.75 Å². The van der Waals surface area contributed by atoms with Crippen LogP contribution in [0.1, 0.15) is 27.9 Å². The van der Waals surface area contributed by atoms with Gasteiger partial charge in [-0.15, -0.1) is 0 Å². The Morgan fingerprint density at radius 1 is 1.15 bits per heavy atom. The number of hydrogen-bond acceptors (Lipinski definition) is 2. The van der Waals surface area contributed by atoms with Crippen LogP contribution in [0.2, 0.25) is 0 Å². The fraction of sp³-hybridized carbons (Fsp3) is 0.188. The van der Waals surface area contributed by atoms with Crippen molar-refractivity contribution >= 4 is 21.7 Å². The molecular formula is C16H12BrFO2. The fourth-order valence-corrected chi connectivity index (χ4v) is 2.84. The van der Waals surface area contributed by atoms with Crippen molar-refractivity contribution in [2.24, 2.45) is 0 Å². The van der Waals surface area contributed by atoms with Crippen LogP contribution in [0.15, 0.2) is 40.9 Å². The van der Waals surface area contributed by atoms with E-state index >= 15 is 0 Å². The predicted molar refractivity (Wildman–Crippen MR) is 77.8 cm³/mol. The van der Waals surface area contributed by atoms with E-state index in [0.29, 0.717) is 23.5 Å². The Hall–Kier alpha value is -1.68. The minimum Gasteiger partial charge on any atom is -0.493 e. The third kappa shape index (κ3) is 2.24. The van der Waals surface area contributed by atoms with Crippen molar-refractivity contribution in [3.8, 4) is 5.75 Å². The van der Waals surface area contributed by atoms with Gasteiger partial charge in [0.25, 0.3) is 0 Å². The largest absolute Gasteiger partial charge is 0.493 e. The van der Waals surface area contributed by atoms with Crippen molar-refractivity contribution in [3.05, 3.63) is 63.4 Å². The van der Waals surface area contributed by atoms with E-state index in [-0.39, 0.29) is 10.3 Å². The third-order valence-corrected chi connectivity index (χ3v) is 4.18. The Kier molecular flexibility index (Phi) is 3.57. The number of benzene rings is 2. The molecule has 0 radical (unpaired) electrons. The van der Waals surface area contributed by atoms with E-state index in [2.05, 4.69) is 15.9 Å². The topological polar surface area (TPSA) is 26.3 Å². The lowest BCUT2D eigenvalue weighted by Crippen LogP contribution is -2.13. The molecule has 1 aliphatic heterocycles. The van der Waals surface area contributed by atoms with Gasteiger partial charge in [-0.3, -0.25) is 4.79 Å². The Balaban J connectivity index is 2.09. The minimum atomic E-state index is -0.443. The molecule has 4 heteroatoms. The van der Waals surface area contributed by atoms with Gasteiger partial charge in [0.15, 0.2) is 5.78 Å². The summed E-state index contributed by atoms with van der Waals surface area (Å²) in [6, 6.07) is 9.99. The van der Waals surface area contributed by atoms with Gasteiger partial charge >= 0.3 is 0 Å². The number of para-hydroxylation sites is 1. The van der Waals surface area contributed by atoms with E-state index in [0.717, 1.165) is 18.4 Å². The normalized spacial score (nSPS) is 13.5. The molecule has 0 N–H and O–H groups in total. The van der Waals surface area contributed by atoms with E-state index in [1.165, 1.54) is 12.1 Å². The maximum atomic E-state index is 13.6. The molecule has 1 aliphatic rings. The molecule has 20 heavy (non-hydrogen) atoms. The standard InChI is InChI=1S/C16H12BrFO2/c17-14-11(6-2-8-13(14)18)15(19)12-7-1-4-10-5-3-9-20-16(10)12/h1-2,4,6-8H,3,5,9H2. The lowest BCUT2D eigenvalue weighted by atomic mass is 9.97. The van der Waals surface area contributed by atoms with E-state index in [1.807, 2.05) is 12.1 Å². The van der Waals surface area contributed by atoms with Crippen LogP contribution in [-0.4, -0.2) is 12.4 Å². The van der Waals surface area contributed by atoms with Gasteiger partial charge < -0.3 is 4.74 Å². The zero-order valence-corrected chi connectivity index (χ0v) is 12.2. The van der Waals surface area contributed by atoms with Crippen LogP contribution >= 0.6 is 15.9 Å². The van der Waals surface area contributed by atoms with E-state index in [9.17, 15) is 9.18 Å². The predicted octanol–water partition coefficient (Wildman–Crippen LogP) is 4.14. The van der Waals surface area contributed by atoms with Crippen molar-refractivity contribution < 1.29 is 13.9 Å². The van der Waals surface area contributed by atoms with Crippen LogP contribution in [0.4, 0.5) is 4.39 Å². The molecule has 2 nitrogen and oxygen atoms in total. The van der Waals surface area contributed by atoms with Crippen LogP contribution in [0, 0.1) is 5.82 Å². The molecular weight excluding hydrogens is 323 g/mol. The monoisotopic (exact) mass is 334 g/mol. The van der Waals surface area contributed by atoms with Crippen LogP contribution in [0.3, 0.4) is 0 Å². The van der Waals surface area contributed by atoms with Crippen molar-refractivity contribution in [2.75, 3.05) is 6.61 Å². The first kappa shape index (κ1) is 13.3. The second-order valence-electron chi connectivity index (χ2n) is 4.68. The molecule has 0 fully saturated rings. The Bertz CT molecular complexity index is 682. The number of hydrogen-bond donors (Lipinski definition) is 0. The number of halogens is 2. The van der Waals surface area contributed by atoms with Gasteiger partial charge in [0.2, 0.25) is 0 Å². The second kappa shape index (κ2) is 5.37. The first-order valence-corrected chi connectivity index (χ1v) is 7.21. The van der Waals surface area contributed by atoms with Gasteiger partial charge in [-0.1, -0.05) is 18.2 Å². The molecule has 3 rings (SSSR count). The van der Waals surface area contributed by atoms with Gasteiger partial charge in [-0.2, -0.15) is 0 Å². The summed E-state index contributed by atoms with van der Waals surface area (Å²) in [5, 5.41) is 0. The average Bonchev–Trinajstić information content (AvgIpc) is 2.49. The molecule has 0 bridgehead atoms. The number of ketones is 1. The smallest absolute Gasteiger partial charge is 0.198 e. The highest BCUT2D eigenvalue weighted by atomic mass is 79.9. The van der Waals surface area contributed by atoms with Crippen molar-refractivity contribution in [2.45, 2.75) is 12.8 Å². The Morgan fingerprint density at radius 2 is 1.90 bits per heavy atom. The SMILES string of the molecule is O=C(c1cccc(F)c1Br)c1cccc2c1OCCC2. The molecule has 1 heterocycles. The zero-order valence-electron chi connectivity index (χ0n) is 10.7. The van der Waals surface area contributed by atoms with E-state index in [4.69, 9.17) is 4.74 Å². The number of fused-ring (bicyclic) bond motifs is 1. The Labute approximate surface area is 124 Å². The molecule has 0 saturated heterocycles. The highest BCUT2D eigenvalue weighted by Gasteiger charge is 2.22. The summed E-state index contributed by atoms with van der Waals surface area (Å²) in [5.41, 5.74) is 1.84. The van der Waals surface area contributed by atoms with Gasteiger partial charge in [0.05, 0.1) is 16.6 Å². The molecule has 0 aliphatic carbocycles. The first-order chi connectivity index (χ1) is 9.68.